The number of piperazine rings is 1. The van der Waals surface area contributed by atoms with Crippen LogP contribution in [0.15, 0.2) is 51.5 Å². The van der Waals surface area contributed by atoms with Crippen molar-refractivity contribution >= 4 is 0 Å². The lowest BCUT2D eigenvalue weighted by Gasteiger charge is -2.40. The van der Waals surface area contributed by atoms with Crippen molar-refractivity contribution in [2.45, 2.75) is 31.8 Å². The summed E-state index contributed by atoms with van der Waals surface area (Å²) in [5.74, 6) is 1.73. The van der Waals surface area contributed by atoms with Crippen molar-refractivity contribution in [3.8, 4) is 11.7 Å². The number of aryl methyl sites for hydroxylation is 1. The Labute approximate surface area is 158 Å². The van der Waals surface area contributed by atoms with Gasteiger partial charge in [0.25, 0.3) is 5.89 Å². The van der Waals surface area contributed by atoms with E-state index in [0.29, 0.717) is 30.1 Å². The molecule has 1 aliphatic carbocycles. The maximum absolute atomic E-state index is 5.74. The Morgan fingerprint density at radius 3 is 2.63 bits per heavy atom. The molecular formula is C21H24N4O2. The van der Waals surface area contributed by atoms with Gasteiger partial charge in [0, 0.05) is 32.2 Å². The van der Waals surface area contributed by atoms with E-state index in [9.17, 15) is 0 Å². The minimum absolute atomic E-state index is 0.453. The maximum atomic E-state index is 5.74. The van der Waals surface area contributed by atoms with E-state index >= 15 is 0 Å². The van der Waals surface area contributed by atoms with Crippen LogP contribution < -0.4 is 0 Å². The average Bonchev–Trinajstić information content (AvgIpc) is 3.40. The summed E-state index contributed by atoms with van der Waals surface area (Å²) in [6.07, 6.45) is 5.28. The number of benzene rings is 1. The Morgan fingerprint density at radius 1 is 0.963 bits per heavy atom. The number of aromatic nitrogens is 2. The van der Waals surface area contributed by atoms with Crippen molar-refractivity contribution in [2.24, 2.45) is 0 Å². The van der Waals surface area contributed by atoms with Crippen molar-refractivity contribution in [2.75, 3.05) is 26.2 Å². The van der Waals surface area contributed by atoms with Gasteiger partial charge in [0.15, 0.2) is 5.76 Å². The lowest BCUT2D eigenvalue weighted by molar-refractivity contribution is 0.0809. The molecule has 6 nitrogen and oxygen atoms in total. The van der Waals surface area contributed by atoms with Crippen molar-refractivity contribution in [3.05, 3.63) is 59.7 Å². The summed E-state index contributed by atoms with van der Waals surface area (Å²) in [5, 5.41) is 8.25. The van der Waals surface area contributed by atoms with Gasteiger partial charge in [0.05, 0.1) is 12.8 Å². The van der Waals surface area contributed by atoms with Crippen LogP contribution in [0.5, 0.6) is 0 Å². The number of hydrogen-bond donors (Lipinski definition) is 0. The van der Waals surface area contributed by atoms with Gasteiger partial charge in [-0.2, -0.15) is 0 Å². The largest absolute Gasteiger partial charge is 0.459 e. The van der Waals surface area contributed by atoms with E-state index in [4.69, 9.17) is 8.83 Å². The quantitative estimate of drug-likeness (QED) is 0.709. The molecule has 0 radical (unpaired) electrons. The van der Waals surface area contributed by atoms with Gasteiger partial charge in [-0.1, -0.05) is 24.3 Å². The molecule has 6 heteroatoms. The summed E-state index contributed by atoms with van der Waals surface area (Å²) in [6.45, 7) is 4.99. The Kier molecular flexibility index (Phi) is 4.51. The molecule has 0 unspecified atom stereocenters. The Balaban J connectivity index is 1.15. The van der Waals surface area contributed by atoms with Crippen LogP contribution in [0.25, 0.3) is 11.7 Å². The molecule has 27 heavy (non-hydrogen) atoms. The summed E-state index contributed by atoms with van der Waals surface area (Å²) >= 11 is 0. The van der Waals surface area contributed by atoms with Crippen LogP contribution in [0.4, 0.5) is 0 Å². The number of nitrogens with zero attached hydrogens (tertiary/aromatic N) is 4. The molecule has 1 atom stereocenters. The van der Waals surface area contributed by atoms with E-state index in [1.165, 1.54) is 30.4 Å². The predicted octanol–water partition coefficient (Wildman–Crippen LogP) is 3.00. The highest BCUT2D eigenvalue weighted by Crippen LogP contribution is 2.25. The van der Waals surface area contributed by atoms with Crippen LogP contribution in [-0.2, 0) is 19.4 Å². The molecule has 1 fully saturated rings. The van der Waals surface area contributed by atoms with Crippen LogP contribution >= 0.6 is 0 Å². The highest BCUT2D eigenvalue weighted by Gasteiger charge is 2.27. The van der Waals surface area contributed by atoms with E-state index in [0.717, 1.165) is 26.2 Å². The first-order valence-electron chi connectivity index (χ1n) is 9.74. The van der Waals surface area contributed by atoms with Gasteiger partial charge in [0.2, 0.25) is 5.89 Å². The molecule has 0 N–H and O–H groups in total. The Bertz CT molecular complexity index is 881. The van der Waals surface area contributed by atoms with E-state index in [2.05, 4.69) is 44.3 Å². The van der Waals surface area contributed by atoms with E-state index in [-0.39, 0.29) is 0 Å². The molecule has 140 valence electrons. The second-order valence-corrected chi connectivity index (χ2v) is 7.46. The summed E-state index contributed by atoms with van der Waals surface area (Å²) in [6, 6.07) is 13.2. The topological polar surface area (TPSA) is 58.5 Å². The van der Waals surface area contributed by atoms with Crippen LogP contribution in [0.1, 0.15) is 23.4 Å². The molecular weight excluding hydrogens is 340 g/mol. The second-order valence-electron chi connectivity index (χ2n) is 7.46. The molecule has 0 bridgehead atoms. The van der Waals surface area contributed by atoms with Gasteiger partial charge in [-0.15, -0.1) is 10.2 Å². The molecule has 0 saturated carbocycles. The fourth-order valence-electron chi connectivity index (χ4n) is 4.29. The monoisotopic (exact) mass is 364 g/mol. The highest BCUT2D eigenvalue weighted by atomic mass is 16.4. The zero-order chi connectivity index (χ0) is 18.1. The van der Waals surface area contributed by atoms with Crippen LogP contribution in [-0.4, -0.2) is 52.2 Å². The lowest BCUT2D eigenvalue weighted by Crippen LogP contribution is -2.51. The minimum atomic E-state index is 0.453. The highest BCUT2D eigenvalue weighted by molar-refractivity contribution is 5.42. The molecule has 0 spiro atoms. The first-order chi connectivity index (χ1) is 13.3. The normalized spacial score (nSPS) is 21.3. The summed E-state index contributed by atoms with van der Waals surface area (Å²) in [7, 11) is 0. The van der Waals surface area contributed by atoms with Crippen molar-refractivity contribution in [3.63, 3.8) is 0 Å². The number of furan rings is 1. The van der Waals surface area contributed by atoms with Crippen LogP contribution in [0.2, 0.25) is 0 Å². The van der Waals surface area contributed by atoms with Gasteiger partial charge in [-0.3, -0.25) is 9.80 Å². The lowest BCUT2D eigenvalue weighted by atomic mass is 9.87. The van der Waals surface area contributed by atoms with Gasteiger partial charge >= 0.3 is 0 Å². The van der Waals surface area contributed by atoms with E-state index < -0.39 is 0 Å². The van der Waals surface area contributed by atoms with Gasteiger partial charge in [-0.25, -0.2) is 0 Å². The van der Waals surface area contributed by atoms with E-state index in [1.54, 1.807) is 6.26 Å². The average molecular weight is 364 g/mol. The Hall–Kier alpha value is -2.44. The zero-order valence-corrected chi connectivity index (χ0v) is 15.4. The first kappa shape index (κ1) is 16.7. The third kappa shape index (κ3) is 3.55. The SMILES string of the molecule is c1coc(-c2nnc(CN3CCN([C@H]4CCc5ccccc5C4)CC3)o2)c1. The molecule has 2 aromatic heterocycles. The first-order valence-corrected chi connectivity index (χ1v) is 9.74. The fraction of sp³-hybridized carbons (Fsp3) is 0.429. The predicted molar refractivity (Wildman–Crippen MR) is 101 cm³/mol. The Morgan fingerprint density at radius 2 is 1.81 bits per heavy atom. The summed E-state index contributed by atoms with van der Waals surface area (Å²) in [5.41, 5.74) is 3.07. The zero-order valence-electron chi connectivity index (χ0n) is 15.4. The van der Waals surface area contributed by atoms with Gasteiger partial charge < -0.3 is 8.83 Å². The molecule has 3 aromatic rings. The van der Waals surface area contributed by atoms with Crippen LogP contribution in [0, 0.1) is 0 Å². The molecule has 1 saturated heterocycles. The van der Waals surface area contributed by atoms with Crippen LogP contribution in [0.3, 0.4) is 0 Å². The molecule has 1 aliphatic heterocycles. The smallest absolute Gasteiger partial charge is 0.283 e. The molecule has 0 amide bonds. The van der Waals surface area contributed by atoms with Gasteiger partial charge in [-0.05, 0) is 42.5 Å². The third-order valence-electron chi connectivity index (χ3n) is 5.80. The second kappa shape index (κ2) is 7.29. The van der Waals surface area contributed by atoms with E-state index in [1.807, 2.05) is 12.1 Å². The molecule has 5 rings (SSSR count). The number of fused-ring (bicyclic) bond motifs is 1. The maximum Gasteiger partial charge on any atom is 0.283 e. The fourth-order valence-corrected chi connectivity index (χ4v) is 4.29. The standard InChI is InChI=1S/C21H24N4O2/c1-2-5-17-14-18(8-7-16(17)4-1)25-11-9-24(10-12-25)15-20-22-23-21(27-20)19-6-3-13-26-19/h1-6,13,18H,7-12,14-15H2/t18-/m0/s1. The van der Waals surface area contributed by atoms with Crippen molar-refractivity contribution in [1.29, 1.82) is 0 Å². The number of hydrogen-bond acceptors (Lipinski definition) is 6. The van der Waals surface area contributed by atoms with Crippen molar-refractivity contribution < 1.29 is 8.83 Å². The third-order valence-corrected chi connectivity index (χ3v) is 5.80. The molecule has 3 heterocycles. The van der Waals surface area contributed by atoms with Crippen molar-refractivity contribution in [1.82, 2.24) is 20.0 Å². The molecule has 1 aromatic carbocycles. The summed E-state index contributed by atoms with van der Waals surface area (Å²) < 4.78 is 11.1. The molecule has 2 aliphatic rings. The number of rotatable bonds is 4. The summed E-state index contributed by atoms with van der Waals surface area (Å²) in [4.78, 5) is 5.06. The van der Waals surface area contributed by atoms with Gasteiger partial charge in [0.1, 0.15) is 0 Å². The minimum Gasteiger partial charge on any atom is -0.459 e.